The first-order valence-corrected chi connectivity index (χ1v) is 8.12. The molecule has 0 spiro atoms. The number of rotatable bonds is 2. The van der Waals surface area contributed by atoms with Crippen molar-refractivity contribution in [2.75, 3.05) is 6.61 Å². The summed E-state index contributed by atoms with van der Waals surface area (Å²) in [5.74, 6) is 0.779. The van der Waals surface area contributed by atoms with E-state index in [1.165, 1.54) is 11.6 Å². The van der Waals surface area contributed by atoms with E-state index in [1.807, 2.05) is 12.1 Å². The van der Waals surface area contributed by atoms with E-state index in [4.69, 9.17) is 4.74 Å². The van der Waals surface area contributed by atoms with Crippen molar-refractivity contribution in [3.8, 4) is 5.75 Å². The maximum Gasteiger partial charge on any atom is 0.127 e. The summed E-state index contributed by atoms with van der Waals surface area (Å²) in [5, 5.41) is 0. The number of benzene rings is 2. The highest BCUT2D eigenvalue weighted by Crippen LogP contribution is 2.42. The third-order valence-corrected chi connectivity index (χ3v) is 5.00. The highest BCUT2D eigenvalue weighted by molar-refractivity contribution is 9.10. The molecule has 20 heavy (non-hydrogen) atoms. The fourth-order valence-corrected chi connectivity index (χ4v) is 3.64. The molecule has 104 valence electrons. The second-order valence-electron chi connectivity index (χ2n) is 4.95. The van der Waals surface area contributed by atoms with Crippen molar-refractivity contribution in [3.63, 3.8) is 0 Å². The van der Waals surface area contributed by atoms with Gasteiger partial charge in [0.05, 0.1) is 11.4 Å². The number of hydrogen-bond donors (Lipinski definition) is 0. The number of alkyl halides is 1. The highest BCUT2D eigenvalue weighted by Gasteiger charge is 2.23. The first-order valence-electron chi connectivity index (χ1n) is 6.41. The first kappa shape index (κ1) is 14.1. The molecule has 0 fully saturated rings. The molecular formula is C16H13Br2FO. The number of halogens is 3. The van der Waals surface area contributed by atoms with Crippen molar-refractivity contribution in [1.29, 1.82) is 0 Å². The van der Waals surface area contributed by atoms with E-state index in [9.17, 15) is 4.39 Å². The van der Waals surface area contributed by atoms with Gasteiger partial charge < -0.3 is 4.74 Å². The molecule has 2 aromatic rings. The third-order valence-electron chi connectivity index (χ3n) is 3.52. The van der Waals surface area contributed by atoms with Gasteiger partial charge in [-0.25, -0.2) is 4.39 Å². The largest absolute Gasteiger partial charge is 0.493 e. The standard InChI is InChI=1S/C16H13Br2FO/c1-9-6-10(2-3-14(9)19)15(18)13-8-12(17)7-11-4-5-20-16(11)13/h2-3,6-8,15H,4-5H2,1H3. The molecule has 0 aliphatic carbocycles. The van der Waals surface area contributed by atoms with Gasteiger partial charge in [-0.15, -0.1) is 0 Å². The quantitative estimate of drug-likeness (QED) is 0.621. The predicted molar refractivity (Wildman–Crippen MR) is 85.2 cm³/mol. The molecule has 1 heterocycles. The number of ether oxygens (including phenoxy) is 1. The van der Waals surface area contributed by atoms with E-state index in [0.717, 1.165) is 34.4 Å². The summed E-state index contributed by atoms with van der Waals surface area (Å²) in [4.78, 5) is -0.00819. The Morgan fingerprint density at radius 2 is 2.05 bits per heavy atom. The van der Waals surface area contributed by atoms with Gasteiger partial charge in [-0.05, 0) is 41.8 Å². The van der Waals surface area contributed by atoms with Crippen LogP contribution >= 0.6 is 31.9 Å². The van der Waals surface area contributed by atoms with E-state index >= 15 is 0 Å². The van der Waals surface area contributed by atoms with Crippen molar-refractivity contribution >= 4 is 31.9 Å². The lowest BCUT2D eigenvalue weighted by molar-refractivity contribution is 0.354. The molecule has 1 unspecified atom stereocenters. The molecule has 0 radical (unpaired) electrons. The van der Waals surface area contributed by atoms with E-state index < -0.39 is 0 Å². The van der Waals surface area contributed by atoms with Gasteiger partial charge in [0.25, 0.3) is 0 Å². The van der Waals surface area contributed by atoms with Crippen LogP contribution in [0.1, 0.15) is 27.1 Å². The summed E-state index contributed by atoms with van der Waals surface area (Å²) < 4.78 is 20.2. The molecule has 1 nitrogen and oxygen atoms in total. The first-order chi connectivity index (χ1) is 9.56. The van der Waals surface area contributed by atoms with Gasteiger partial charge in [-0.2, -0.15) is 0 Å². The Balaban J connectivity index is 2.06. The van der Waals surface area contributed by atoms with Crippen molar-refractivity contribution in [3.05, 3.63) is 62.9 Å². The molecule has 1 aliphatic rings. The minimum atomic E-state index is -0.177. The molecule has 3 rings (SSSR count). The maximum atomic E-state index is 13.4. The Morgan fingerprint density at radius 3 is 2.80 bits per heavy atom. The van der Waals surface area contributed by atoms with Crippen molar-refractivity contribution in [2.24, 2.45) is 0 Å². The zero-order valence-corrected chi connectivity index (χ0v) is 14.1. The summed E-state index contributed by atoms with van der Waals surface area (Å²) in [5.41, 5.74) is 3.98. The van der Waals surface area contributed by atoms with Gasteiger partial charge in [-0.1, -0.05) is 44.0 Å². The van der Waals surface area contributed by atoms with E-state index in [1.54, 1.807) is 6.92 Å². The van der Waals surface area contributed by atoms with Crippen LogP contribution in [0.25, 0.3) is 0 Å². The summed E-state index contributed by atoms with van der Waals surface area (Å²) in [6, 6.07) is 9.35. The van der Waals surface area contributed by atoms with Crippen molar-refractivity contribution in [2.45, 2.75) is 18.2 Å². The summed E-state index contributed by atoms with van der Waals surface area (Å²) in [6.07, 6.45) is 0.934. The molecule has 0 saturated carbocycles. The van der Waals surface area contributed by atoms with Crippen LogP contribution in [0.4, 0.5) is 4.39 Å². The smallest absolute Gasteiger partial charge is 0.127 e. The van der Waals surface area contributed by atoms with Gasteiger partial charge in [0.1, 0.15) is 11.6 Å². The van der Waals surface area contributed by atoms with Gasteiger partial charge in [-0.3, -0.25) is 0 Å². The lowest BCUT2D eigenvalue weighted by atomic mass is 9.99. The SMILES string of the molecule is Cc1cc(C(Br)c2cc(Br)cc3c2OCC3)ccc1F. The molecule has 0 saturated heterocycles. The van der Waals surface area contributed by atoms with Gasteiger partial charge in [0.15, 0.2) is 0 Å². The minimum absolute atomic E-state index is 0.00819. The Hall–Kier alpha value is -0.870. The molecule has 1 atom stereocenters. The fourth-order valence-electron chi connectivity index (χ4n) is 2.49. The Labute approximate surface area is 134 Å². The van der Waals surface area contributed by atoms with Crippen LogP contribution in [0.5, 0.6) is 5.75 Å². The van der Waals surface area contributed by atoms with E-state index in [2.05, 4.69) is 44.0 Å². The van der Waals surface area contributed by atoms with Crippen LogP contribution in [0.3, 0.4) is 0 Å². The summed E-state index contributed by atoms with van der Waals surface area (Å²) in [6.45, 7) is 2.50. The third kappa shape index (κ3) is 2.51. The molecule has 0 amide bonds. The fraction of sp³-hybridized carbons (Fsp3) is 0.250. The minimum Gasteiger partial charge on any atom is -0.493 e. The Bertz CT molecular complexity index is 670. The van der Waals surface area contributed by atoms with Gasteiger partial charge in [0.2, 0.25) is 0 Å². The van der Waals surface area contributed by atoms with Crippen LogP contribution in [0, 0.1) is 12.7 Å². The maximum absolute atomic E-state index is 13.4. The number of hydrogen-bond acceptors (Lipinski definition) is 1. The van der Waals surface area contributed by atoms with Crippen LogP contribution in [-0.2, 0) is 6.42 Å². The van der Waals surface area contributed by atoms with Crippen molar-refractivity contribution in [1.82, 2.24) is 0 Å². The average Bonchev–Trinajstić information content (AvgIpc) is 2.88. The topological polar surface area (TPSA) is 9.23 Å². The van der Waals surface area contributed by atoms with Gasteiger partial charge in [0, 0.05) is 16.5 Å². The molecular weight excluding hydrogens is 387 g/mol. The van der Waals surface area contributed by atoms with Crippen molar-refractivity contribution < 1.29 is 9.13 Å². The Morgan fingerprint density at radius 1 is 1.25 bits per heavy atom. The Kier molecular flexibility index (Phi) is 3.87. The molecule has 2 aromatic carbocycles. The predicted octanol–water partition coefficient (Wildman–Crippen LogP) is 5.32. The molecule has 1 aliphatic heterocycles. The van der Waals surface area contributed by atoms with E-state index in [0.29, 0.717) is 5.56 Å². The monoisotopic (exact) mass is 398 g/mol. The van der Waals surface area contributed by atoms with Crippen LogP contribution in [0.15, 0.2) is 34.8 Å². The molecule has 0 N–H and O–H groups in total. The molecule has 4 heteroatoms. The van der Waals surface area contributed by atoms with Crippen LogP contribution in [0.2, 0.25) is 0 Å². The lowest BCUT2D eigenvalue weighted by Gasteiger charge is -2.16. The lowest BCUT2D eigenvalue weighted by Crippen LogP contribution is -1.98. The van der Waals surface area contributed by atoms with Crippen LogP contribution in [-0.4, -0.2) is 6.61 Å². The van der Waals surface area contributed by atoms with Crippen LogP contribution < -0.4 is 4.74 Å². The molecule has 0 bridgehead atoms. The summed E-state index contributed by atoms with van der Waals surface area (Å²) >= 11 is 7.26. The molecule has 0 aromatic heterocycles. The highest BCUT2D eigenvalue weighted by atomic mass is 79.9. The average molecular weight is 400 g/mol. The zero-order chi connectivity index (χ0) is 14.3. The number of fused-ring (bicyclic) bond motifs is 1. The zero-order valence-electron chi connectivity index (χ0n) is 10.9. The van der Waals surface area contributed by atoms with Gasteiger partial charge >= 0.3 is 0 Å². The van der Waals surface area contributed by atoms with E-state index in [-0.39, 0.29) is 10.6 Å². The normalized spacial score (nSPS) is 14.8. The summed E-state index contributed by atoms with van der Waals surface area (Å²) in [7, 11) is 0. The second-order valence-corrected chi connectivity index (χ2v) is 6.78. The second kappa shape index (κ2) is 5.49. The number of aryl methyl sites for hydroxylation is 1.